The smallest absolute Gasteiger partial charge is 0.270 e. The molecule has 0 saturated carbocycles. The lowest BCUT2D eigenvalue weighted by Crippen LogP contribution is -2.62. The molecule has 5 rings (SSSR count). The average molecular weight is 349 g/mol. The maximum atomic E-state index is 12.7. The molecule has 2 fully saturated rings. The molecule has 3 aliphatic rings. The molecule has 1 N–H and O–H groups in total. The molecule has 0 unspecified atom stereocenters. The number of amides is 3. The highest BCUT2D eigenvalue weighted by atomic mass is 16.2. The maximum absolute atomic E-state index is 12.7. The summed E-state index contributed by atoms with van der Waals surface area (Å²) in [5, 5.41) is 0.995. The molecule has 1 aliphatic carbocycles. The van der Waals surface area contributed by atoms with Gasteiger partial charge >= 0.3 is 0 Å². The number of nitrogens with zero attached hydrogens (tertiary/aromatic N) is 2. The molecule has 26 heavy (non-hydrogen) atoms. The summed E-state index contributed by atoms with van der Waals surface area (Å²) in [4.78, 5) is 44.1. The zero-order valence-corrected chi connectivity index (χ0v) is 14.2. The Balaban J connectivity index is 1.29. The van der Waals surface area contributed by atoms with Gasteiger partial charge in [-0.2, -0.15) is 0 Å². The van der Waals surface area contributed by atoms with E-state index in [9.17, 15) is 14.4 Å². The Bertz CT molecular complexity index is 895. The summed E-state index contributed by atoms with van der Waals surface area (Å²) in [5.74, 6) is -0.619. The Morgan fingerprint density at radius 2 is 1.65 bits per heavy atom. The molecule has 2 aromatic rings. The first-order valence-corrected chi connectivity index (χ1v) is 9.02. The topological polar surface area (TPSA) is 73.5 Å². The van der Waals surface area contributed by atoms with E-state index in [1.165, 1.54) is 4.90 Å². The standard InChI is InChI=1S/C20H19N3O3/c24-18-14-6-2-3-7-15(14)19(25)23(18)13-10-22(11-13)20(26)17-9-12-5-1-4-8-16(12)21-17/h1-5,8-9,13-15,21H,6-7,10-11H2/t14-,15+. The van der Waals surface area contributed by atoms with Crippen molar-refractivity contribution < 1.29 is 14.4 Å². The highest BCUT2D eigenvalue weighted by Gasteiger charge is 2.52. The fourth-order valence-corrected chi connectivity index (χ4v) is 4.33. The number of aromatic amines is 1. The number of aromatic nitrogens is 1. The lowest BCUT2D eigenvalue weighted by atomic mass is 9.85. The third kappa shape index (κ3) is 2.14. The fraction of sp³-hybridized carbons (Fsp3) is 0.350. The predicted molar refractivity (Wildman–Crippen MR) is 95.2 cm³/mol. The molecule has 2 aliphatic heterocycles. The maximum Gasteiger partial charge on any atom is 0.270 e. The Hall–Kier alpha value is -2.89. The Morgan fingerprint density at radius 1 is 1.00 bits per heavy atom. The van der Waals surface area contributed by atoms with Crippen LogP contribution in [0.5, 0.6) is 0 Å². The van der Waals surface area contributed by atoms with Gasteiger partial charge in [0.25, 0.3) is 5.91 Å². The molecule has 0 spiro atoms. The van der Waals surface area contributed by atoms with Gasteiger partial charge in [-0.25, -0.2) is 0 Å². The van der Waals surface area contributed by atoms with Crippen LogP contribution in [0, 0.1) is 11.8 Å². The summed E-state index contributed by atoms with van der Waals surface area (Å²) in [7, 11) is 0. The van der Waals surface area contributed by atoms with Crippen LogP contribution in [0.3, 0.4) is 0 Å². The molecule has 2 saturated heterocycles. The fourth-order valence-electron chi connectivity index (χ4n) is 4.33. The molecule has 1 aromatic heterocycles. The molecule has 3 amide bonds. The van der Waals surface area contributed by atoms with Gasteiger partial charge in [0.2, 0.25) is 11.8 Å². The molecular formula is C20H19N3O3. The van der Waals surface area contributed by atoms with Crippen LogP contribution in [0.15, 0.2) is 42.5 Å². The van der Waals surface area contributed by atoms with Crippen LogP contribution >= 0.6 is 0 Å². The van der Waals surface area contributed by atoms with Crippen LogP contribution in [0.4, 0.5) is 0 Å². The summed E-state index contributed by atoms with van der Waals surface area (Å²) in [5.41, 5.74) is 1.47. The number of hydrogen-bond donors (Lipinski definition) is 1. The van der Waals surface area contributed by atoms with Gasteiger partial charge in [-0.05, 0) is 25.0 Å². The summed E-state index contributed by atoms with van der Waals surface area (Å²) in [6, 6.07) is 9.40. The molecule has 6 nitrogen and oxygen atoms in total. The van der Waals surface area contributed by atoms with Crippen molar-refractivity contribution in [3.8, 4) is 0 Å². The minimum absolute atomic E-state index is 0.0629. The first-order valence-electron chi connectivity index (χ1n) is 9.02. The predicted octanol–water partition coefficient (Wildman–Crippen LogP) is 1.94. The molecule has 0 radical (unpaired) electrons. The number of hydrogen-bond acceptors (Lipinski definition) is 3. The van der Waals surface area contributed by atoms with Crippen LogP contribution < -0.4 is 0 Å². The SMILES string of the molecule is O=C(c1cc2ccccc2[nH]1)N1CC(N2C(=O)[C@H]3CC=CC[C@H]3C2=O)C1. The number of allylic oxidation sites excluding steroid dienone is 2. The van der Waals surface area contributed by atoms with Crippen molar-refractivity contribution in [3.05, 3.63) is 48.2 Å². The number of likely N-dealkylation sites (tertiary alicyclic amines) is 2. The van der Waals surface area contributed by atoms with Crippen LogP contribution in [-0.4, -0.2) is 51.6 Å². The van der Waals surface area contributed by atoms with E-state index in [4.69, 9.17) is 0 Å². The van der Waals surface area contributed by atoms with E-state index >= 15 is 0 Å². The molecule has 2 atom stereocenters. The summed E-state index contributed by atoms with van der Waals surface area (Å²) in [6.45, 7) is 0.830. The Morgan fingerprint density at radius 3 is 2.31 bits per heavy atom. The zero-order chi connectivity index (χ0) is 17.8. The number of carbonyl (C=O) groups is 3. The van der Waals surface area contributed by atoms with Gasteiger partial charge in [-0.3, -0.25) is 19.3 Å². The van der Waals surface area contributed by atoms with Crippen LogP contribution in [-0.2, 0) is 9.59 Å². The number of H-pyrrole nitrogens is 1. The van der Waals surface area contributed by atoms with Crippen molar-refractivity contribution in [2.45, 2.75) is 18.9 Å². The third-order valence-electron chi connectivity index (χ3n) is 5.82. The van der Waals surface area contributed by atoms with E-state index in [2.05, 4.69) is 4.98 Å². The minimum Gasteiger partial charge on any atom is -0.351 e. The molecule has 0 bridgehead atoms. The second-order valence-corrected chi connectivity index (χ2v) is 7.34. The molecule has 1 aromatic carbocycles. The molecule has 6 heteroatoms. The lowest BCUT2D eigenvalue weighted by molar-refractivity contribution is -0.145. The quantitative estimate of drug-likeness (QED) is 0.665. The van der Waals surface area contributed by atoms with Gasteiger partial charge in [-0.15, -0.1) is 0 Å². The van der Waals surface area contributed by atoms with E-state index in [1.807, 2.05) is 42.5 Å². The number of para-hydroxylation sites is 1. The van der Waals surface area contributed by atoms with E-state index in [1.54, 1.807) is 4.90 Å². The van der Waals surface area contributed by atoms with E-state index in [-0.39, 0.29) is 35.6 Å². The summed E-state index contributed by atoms with van der Waals surface area (Å²) in [6.07, 6.45) is 5.27. The van der Waals surface area contributed by atoms with Gasteiger partial charge in [-0.1, -0.05) is 30.4 Å². The normalized spacial score (nSPS) is 25.7. The van der Waals surface area contributed by atoms with Crippen molar-refractivity contribution in [2.75, 3.05) is 13.1 Å². The number of fused-ring (bicyclic) bond motifs is 2. The van der Waals surface area contributed by atoms with Gasteiger partial charge < -0.3 is 9.88 Å². The second-order valence-electron chi connectivity index (χ2n) is 7.34. The van der Waals surface area contributed by atoms with Crippen LogP contribution in [0.1, 0.15) is 23.3 Å². The van der Waals surface area contributed by atoms with Crippen molar-refractivity contribution in [3.63, 3.8) is 0 Å². The molecule has 132 valence electrons. The number of nitrogens with one attached hydrogen (secondary N) is 1. The van der Waals surface area contributed by atoms with Gasteiger partial charge in [0, 0.05) is 24.0 Å². The van der Waals surface area contributed by atoms with Gasteiger partial charge in [0.05, 0.1) is 17.9 Å². The van der Waals surface area contributed by atoms with E-state index in [0.29, 0.717) is 31.6 Å². The largest absolute Gasteiger partial charge is 0.351 e. The highest BCUT2D eigenvalue weighted by Crippen LogP contribution is 2.37. The Labute approximate surface area is 150 Å². The lowest BCUT2D eigenvalue weighted by Gasteiger charge is -2.43. The van der Waals surface area contributed by atoms with E-state index in [0.717, 1.165) is 10.9 Å². The van der Waals surface area contributed by atoms with Gasteiger partial charge in [0.15, 0.2) is 0 Å². The van der Waals surface area contributed by atoms with Gasteiger partial charge in [0.1, 0.15) is 5.69 Å². The minimum atomic E-state index is -0.203. The first-order chi connectivity index (χ1) is 12.6. The average Bonchev–Trinajstić information content (AvgIpc) is 3.16. The molecular weight excluding hydrogens is 330 g/mol. The van der Waals surface area contributed by atoms with Crippen molar-refractivity contribution >= 4 is 28.6 Å². The van der Waals surface area contributed by atoms with Crippen LogP contribution in [0.2, 0.25) is 0 Å². The van der Waals surface area contributed by atoms with Crippen molar-refractivity contribution in [2.24, 2.45) is 11.8 Å². The number of benzene rings is 1. The first kappa shape index (κ1) is 15.4. The molecule has 3 heterocycles. The second kappa shape index (κ2) is 5.56. The zero-order valence-electron chi connectivity index (χ0n) is 14.2. The monoisotopic (exact) mass is 349 g/mol. The summed E-state index contributed by atoms with van der Waals surface area (Å²) >= 11 is 0. The number of imide groups is 1. The van der Waals surface area contributed by atoms with Crippen molar-refractivity contribution in [1.29, 1.82) is 0 Å². The van der Waals surface area contributed by atoms with Crippen molar-refractivity contribution in [1.82, 2.24) is 14.8 Å². The van der Waals surface area contributed by atoms with Crippen LogP contribution in [0.25, 0.3) is 10.9 Å². The number of carbonyl (C=O) groups excluding carboxylic acids is 3. The summed E-state index contributed by atoms with van der Waals surface area (Å²) < 4.78 is 0. The van der Waals surface area contributed by atoms with E-state index < -0.39 is 0 Å². The Kier molecular flexibility index (Phi) is 3.29. The highest BCUT2D eigenvalue weighted by molar-refractivity contribution is 6.06. The third-order valence-corrected chi connectivity index (χ3v) is 5.82. The number of rotatable bonds is 2.